The molecule has 1 saturated heterocycles. The van der Waals surface area contributed by atoms with Crippen molar-refractivity contribution < 1.29 is 32.5 Å². The third-order valence-electron chi connectivity index (χ3n) is 4.40. The Kier molecular flexibility index (Phi) is 5.56. The molecule has 0 unspecified atom stereocenters. The fraction of sp³-hybridized carbons (Fsp3) is 0.158. The lowest BCUT2D eigenvalue weighted by Gasteiger charge is -2.28. The third-order valence-corrected chi connectivity index (χ3v) is 4.40. The van der Waals surface area contributed by atoms with Crippen molar-refractivity contribution in [3.63, 3.8) is 0 Å². The monoisotopic (exact) mass is 434 g/mol. The standard InChI is InChI=1S/C19H13F3N4O5/c1-10-5-6-13(26(30)31)8-15(10)23-9-14-16(27)24-18(29)25(17(14)28)12-4-2-3-11(7-12)19(20,21)22/h2-9,14H,1H3,(H,24,27,29)/t14-/m1/s1. The van der Waals surface area contributed by atoms with Crippen LogP contribution in [-0.2, 0) is 15.8 Å². The van der Waals surface area contributed by atoms with Crippen LogP contribution < -0.4 is 10.2 Å². The van der Waals surface area contributed by atoms with Gasteiger partial charge in [-0.05, 0) is 30.7 Å². The van der Waals surface area contributed by atoms with Crippen molar-refractivity contribution in [2.45, 2.75) is 13.1 Å². The Balaban J connectivity index is 1.95. The molecule has 9 nitrogen and oxygen atoms in total. The van der Waals surface area contributed by atoms with Gasteiger partial charge >= 0.3 is 12.2 Å². The normalized spacial score (nSPS) is 17.2. The molecule has 1 atom stereocenters. The van der Waals surface area contributed by atoms with Crippen molar-refractivity contribution in [2.24, 2.45) is 10.9 Å². The van der Waals surface area contributed by atoms with Gasteiger partial charge in [0.2, 0.25) is 5.91 Å². The number of hydrogen-bond acceptors (Lipinski definition) is 6. The summed E-state index contributed by atoms with van der Waals surface area (Å²) in [5, 5.41) is 12.8. The highest BCUT2D eigenvalue weighted by molar-refractivity contribution is 6.32. The van der Waals surface area contributed by atoms with Gasteiger partial charge in [0.15, 0.2) is 5.92 Å². The molecular formula is C19H13F3N4O5. The van der Waals surface area contributed by atoms with Gasteiger partial charge in [-0.2, -0.15) is 13.2 Å². The molecule has 3 rings (SSSR count). The molecule has 160 valence electrons. The van der Waals surface area contributed by atoms with Crippen LogP contribution in [0.5, 0.6) is 0 Å². The highest BCUT2D eigenvalue weighted by atomic mass is 19.4. The summed E-state index contributed by atoms with van der Waals surface area (Å²) in [7, 11) is 0. The minimum Gasteiger partial charge on any atom is -0.276 e. The fourth-order valence-corrected chi connectivity index (χ4v) is 2.79. The van der Waals surface area contributed by atoms with Crippen LogP contribution >= 0.6 is 0 Å². The molecule has 4 amide bonds. The lowest BCUT2D eigenvalue weighted by atomic mass is 10.0. The van der Waals surface area contributed by atoms with Crippen molar-refractivity contribution in [1.29, 1.82) is 0 Å². The van der Waals surface area contributed by atoms with E-state index in [4.69, 9.17) is 0 Å². The second kappa shape index (κ2) is 7.97. The van der Waals surface area contributed by atoms with Crippen LogP contribution in [0.3, 0.4) is 0 Å². The van der Waals surface area contributed by atoms with Crippen molar-refractivity contribution in [1.82, 2.24) is 5.32 Å². The number of anilines is 1. The minimum atomic E-state index is -4.71. The number of nitro groups is 1. The number of nitrogens with zero attached hydrogens (tertiary/aromatic N) is 3. The molecule has 0 saturated carbocycles. The van der Waals surface area contributed by atoms with Gasteiger partial charge in [0.1, 0.15) is 0 Å². The number of alkyl halides is 3. The van der Waals surface area contributed by atoms with Gasteiger partial charge in [-0.15, -0.1) is 0 Å². The molecule has 2 aromatic rings. The van der Waals surface area contributed by atoms with E-state index in [2.05, 4.69) is 4.99 Å². The molecule has 1 N–H and O–H groups in total. The fourth-order valence-electron chi connectivity index (χ4n) is 2.79. The number of non-ortho nitro benzene ring substituents is 1. The number of halogens is 3. The lowest BCUT2D eigenvalue weighted by Crippen LogP contribution is -2.58. The summed E-state index contributed by atoms with van der Waals surface area (Å²) < 4.78 is 38.9. The van der Waals surface area contributed by atoms with E-state index in [1.807, 2.05) is 5.32 Å². The first-order chi connectivity index (χ1) is 14.5. The minimum absolute atomic E-state index is 0.109. The molecule has 0 spiro atoms. The highest BCUT2D eigenvalue weighted by Crippen LogP contribution is 2.32. The molecule has 31 heavy (non-hydrogen) atoms. The first-order valence-electron chi connectivity index (χ1n) is 8.64. The number of nitro benzene ring substituents is 1. The molecule has 1 aliphatic heterocycles. The molecule has 1 aliphatic rings. The number of hydrogen-bond donors (Lipinski definition) is 1. The maximum Gasteiger partial charge on any atom is 0.416 e. The van der Waals surface area contributed by atoms with E-state index in [0.717, 1.165) is 30.5 Å². The van der Waals surface area contributed by atoms with Crippen molar-refractivity contribution in [3.05, 3.63) is 63.7 Å². The molecule has 0 aromatic heterocycles. The summed E-state index contributed by atoms with van der Waals surface area (Å²) >= 11 is 0. The maximum absolute atomic E-state index is 13.0. The number of rotatable bonds is 4. The number of aryl methyl sites for hydroxylation is 1. The molecular weight excluding hydrogens is 421 g/mol. The van der Waals surface area contributed by atoms with Gasteiger partial charge in [0.05, 0.1) is 21.9 Å². The molecule has 12 heteroatoms. The zero-order chi connectivity index (χ0) is 22.9. The van der Waals surface area contributed by atoms with E-state index >= 15 is 0 Å². The van der Waals surface area contributed by atoms with Crippen LogP contribution in [0.25, 0.3) is 0 Å². The molecule has 1 fully saturated rings. The molecule has 0 aliphatic carbocycles. The smallest absolute Gasteiger partial charge is 0.276 e. The van der Waals surface area contributed by atoms with Crippen LogP contribution in [-0.4, -0.2) is 29.0 Å². The first-order valence-corrected chi connectivity index (χ1v) is 8.64. The average Bonchev–Trinajstić information content (AvgIpc) is 2.68. The number of aliphatic imine (C=N–C) groups is 1. The number of nitrogens with one attached hydrogen (secondary N) is 1. The zero-order valence-corrected chi connectivity index (χ0v) is 15.7. The average molecular weight is 434 g/mol. The van der Waals surface area contributed by atoms with E-state index in [9.17, 15) is 37.7 Å². The van der Waals surface area contributed by atoms with Gasteiger partial charge in [-0.3, -0.25) is 30.0 Å². The van der Waals surface area contributed by atoms with Gasteiger partial charge in [-0.1, -0.05) is 12.1 Å². The third kappa shape index (κ3) is 4.42. The predicted molar refractivity (Wildman–Crippen MR) is 102 cm³/mol. The molecule has 1 heterocycles. The number of urea groups is 1. The van der Waals surface area contributed by atoms with Crippen LogP contribution in [0.15, 0.2) is 47.5 Å². The Bertz CT molecular complexity index is 1130. The second-order valence-corrected chi connectivity index (χ2v) is 6.50. The van der Waals surface area contributed by atoms with Crippen LogP contribution in [0.2, 0.25) is 0 Å². The summed E-state index contributed by atoms with van der Waals surface area (Å²) in [4.78, 5) is 51.7. The Labute approximate surface area is 172 Å². The van der Waals surface area contributed by atoms with Crippen molar-refractivity contribution in [3.8, 4) is 0 Å². The van der Waals surface area contributed by atoms with E-state index in [1.165, 1.54) is 12.1 Å². The van der Waals surface area contributed by atoms with E-state index < -0.39 is 40.4 Å². The van der Waals surface area contributed by atoms with E-state index in [-0.39, 0.29) is 17.1 Å². The quantitative estimate of drug-likeness (QED) is 0.341. The van der Waals surface area contributed by atoms with Crippen LogP contribution in [0, 0.1) is 23.0 Å². The SMILES string of the molecule is Cc1ccc([N+](=O)[O-])cc1N=C[C@@H]1C(=O)NC(=O)N(c2cccc(C(F)(F)F)c2)C1=O. The number of carbonyl (C=O) groups is 3. The summed E-state index contributed by atoms with van der Waals surface area (Å²) in [6, 6.07) is 6.11. The molecule has 0 bridgehead atoms. The van der Waals surface area contributed by atoms with Gasteiger partial charge < -0.3 is 0 Å². The number of benzene rings is 2. The molecule has 0 radical (unpaired) electrons. The predicted octanol–water partition coefficient (Wildman–Crippen LogP) is 3.52. The van der Waals surface area contributed by atoms with Crippen molar-refractivity contribution >= 4 is 41.1 Å². The topological polar surface area (TPSA) is 122 Å². The van der Waals surface area contributed by atoms with Crippen LogP contribution in [0.1, 0.15) is 11.1 Å². The number of amides is 4. The van der Waals surface area contributed by atoms with Gasteiger partial charge in [0.25, 0.3) is 11.6 Å². The maximum atomic E-state index is 13.0. The van der Waals surface area contributed by atoms with Crippen LogP contribution in [0.4, 0.5) is 35.0 Å². The Morgan fingerprint density at radius 2 is 1.87 bits per heavy atom. The summed E-state index contributed by atoms with van der Waals surface area (Å²) in [5.74, 6) is -3.77. The zero-order valence-electron chi connectivity index (χ0n) is 15.7. The summed E-state index contributed by atoms with van der Waals surface area (Å²) in [5.41, 5.74) is -1.11. The Hall–Kier alpha value is -4.09. The van der Waals surface area contributed by atoms with E-state index in [1.54, 1.807) is 6.92 Å². The Morgan fingerprint density at radius 3 is 2.52 bits per heavy atom. The second-order valence-electron chi connectivity index (χ2n) is 6.50. The number of barbiturate groups is 1. The largest absolute Gasteiger partial charge is 0.416 e. The highest BCUT2D eigenvalue weighted by Gasteiger charge is 2.41. The van der Waals surface area contributed by atoms with Gasteiger partial charge in [-0.25, -0.2) is 9.69 Å². The van der Waals surface area contributed by atoms with Crippen molar-refractivity contribution in [2.75, 3.05) is 4.90 Å². The first kappa shape index (κ1) is 21.6. The summed E-state index contributed by atoms with van der Waals surface area (Å²) in [6.07, 6.45) is -3.82. The summed E-state index contributed by atoms with van der Waals surface area (Å²) in [6.45, 7) is 1.59. The van der Waals surface area contributed by atoms with Gasteiger partial charge in [0, 0.05) is 18.3 Å². The Morgan fingerprint density at radius 1 is 1.16 bits per heavy atom. The number of imide groups is 2. The molecule has 2 aromatic carbocycles. The lowest BCUT2D eigenvalue weighted by molar-refractivity contribution is -0.384. The number of carbonyl (C=O) groups excluding carboxylic acids is 3. The van der Waals surface area contributed by atoms with E-state index in [0.29, 0.717) is 16.5 Å².